The van der Waals surface area contributed by atoms with Gasteiger partial charge in [0, 0.05) is 31.2 Å². The van der Waals surface area contributed by atoms with E-state index in [0.717, 1.165) is 31.5 Å². The van der Waals surface area contributed by atoms with Gasteiger partial charge in [0.2, 0.25) is 5.91 Å². The van der Waals surface area contributed by atoms with E-state index < -0.39 is 0 Å². The molecule has 1 aliphatic heterocycles. The molecule has 0 radical (unpaired) electrons. The highest BCUT2D eigenvalue weighted by Crippen LogP contribution is 2.34. The molecule has 0 spiro atoms. The summed E-state index contributed by atoms with van der Waals surface area (Å²) in [6.45, 7) is 3.87. The van der Waals surface area contributed by atoms with Gasteiger partial charge < -0.3 is 10.2 Å². The van der Waals surface area contributed by atoms with Gasteiger partial charge in [0.05, 0.1) is 22.7 Å². The Kier molecular flexibility index (Phi) is 4.69. The van der Waals surface area contributed by atoms with Crippen molar-refractivity contribution in [1.29, 1.82) is 5.26 Å². The van der Waals surface area contributed by atoms with Crippen molar-refractivity contribution in [1.82, 2.24) is 10.3 Å². The number of hydrogen-bond donors (Lipinski definition) is 1. The Morgan fingerprint density at radius 2 is 2.22 bits per heavy atom. The van der Waals surface area contributed by atoms with Crippen LogP contribution in [0.3, 0.4) is 0 Å². The van der Waals surface area contributed by atoms with Crippen LogP contribution in [0.1, 0.15) is 36.8 Å². The molecule has 2 heterocycles. The van der Waals surface area contributed by atoms with Gasteiger partial charge in [-0.2, -0.15) is 5.26 Å². The van der Waals surface area contributed by atoms with Crippen LogP contribution in [0.5, 0.6) is 0 Å². The highest BCUT2D eigenvalue weighted by molar-refractivity contribution is 5.96. The Morgan fingerprint density at radius 3 is 2.96 bits per heavy atom. The van der Waals surface area contributed by atoms with Gasteiger partial charge in [-0.1, -0.05) is 0 Å². The number of fused-ring (bicyclic) bond motifs is 1. The average Bonchev–Trinajstić information content (AvgIpc) is 3.49. The molecule has 2 aliphatic rings. The van der Waals surface area contributed by atoms with Gasteiger partial charge in [-0.3, -0.25) is 9.78 Å². The number of piperidine rings is 1. The lowest BCUT2D eigenvalue weighted by atomic mass is 9.95. The molecule has 1 amide bonds. The van der Waals surface area contributed by atoms with Crippen LogP contribution in [0.15, 0.2) is 18.3 Å². The van der Waals surface area contributed by atoms with Crippen molar-refractivity contribution >= 4 is 22.5 Å². The Labute approximate surface area is 158 Å². The highest BCUT2D eigenvalue weighted by Gasteiger charge is 2.30. The third kappa shape index (κ3) is 3.59. The summed E-state index contributed by atoms with van der Waals surface area (Å²) in [5.41, 5.74) is 2.56. The van der Waals surface area contributed by atoms with E-state index in [4.69, 9.17) is 0 Å². The third-order valence-electron chi connectivity index (χ3n) is 5.59. The molecule has 140 valence electrons. The van der Waals surface area contributed by atoms with E-state index in [-0.39, 0.29) is 17.6 Å². The number of rotatable bonds is 4. The van der Waals surface area contributed by atoms with Gasteiger partial charge in [0.25, 0.3) is 0 Å². The van der Waals surface area contributed by atoms with E-state index in [9.17, 15) is 14.4 Å². The summed E-state index contributed by atoms with van der Waals surface area (Å²) in [6, 6.07) is 5.09. The zero-order valence-corrected chi connectivity index (χ0v) is 15.5. The fourth-order valence-electron chi connectivity index (χ4n) is 3.95. The number of hydrogen-bond acceptors (Lipinski definition) is 4. The third-order valence-corrected chi connectivity index (χ3v) is 5.59. The first kappa shape index (κ1) is 17.7. The highest BCUT2D eigenvalue weighted by atomic mass is 19.1. The van der Waals surface area contributed by atoms with Gasteiger partial charge in [0.15, 0.2) is 0 Å². The fraction of sp³-hybridized carbons (Fsp3) is 0.476. The summed E-state index contributed by atoms with van der Waals surface area (Å²) in [7, 11) is 0. The molecule has 1 saturated carbocycles. The molecule has 1 N–H and O–H groups in total. The smallest absolute Gasteiger partial charge is 0.224 e. The van der Waals surface area contributed by atoms with Crippen molar-refractivity contribution in [2.24, 2.45) is 11.8 Å². The van der Waals surface area contributed by atoms with Crippen LogP contribution in [-0.2, 0) is 4.79 Å². The molecule has 5 nitrogen and oxygen atoms in total. The lowest BCUT2D eigenvalue weighted by Gasteiger charge is -2.35. The number of amides is 1. The average molecular weight is 366 g/mol. The van der Waals surface area contributed by atoms with E-state index in [1.54, 1.807) is 6.20 Å². The maximum absolute atomic E-state index is 14.1. The topological polar surface area (TPSA) is 69.0 Å². The molecule has 0 bridgehead atoms. The molecule has 1 aromatic heterocycles. The van der Waals surface area contributed by atoms with E-state index in [1.807, 2.05) is 6.92 Å². The summed E-state index contributed by atoms with van der Waals surface area (Å²) in [5, 5.41) is 13.3. The Morgan fingerprint density at radius 1 is 1.41 bits per heavy atom. The minimum Gasteiger partial charge on any atom is -0.369 e. The van der Waals surface area contributed by atoms with Crippen LogP contribution in [0.4, 0.5) is 10.1 Å². The van der Waals surface area contributed by atoms with Crippen LogP contribution < -0.4 is 10.2 Å². The lowest BCUT2D eigenvalue weighted by molar-refractivity contribution is -0.125. The summed E-state index contributed by atoms with van der Waals surface area (Å²) in [4.78, 5) is 19.0. The second kappa shape index (κ2) is 7.15. The SMILES string of the molecule is Cc1cc(F)cc2c(N3CCCC(C(=O)NCC4CC4)C3)c(C#N)cnc12. The molecule has 1 saturated heterocycles. The molecule has 2 aromatic rings. The second-order valence-corrected chi connectivity index (χ2v) is 7.72. The van der Waals surface area contributed by atoms with Crippen LogP contribution in [-0.4, -0.2) is 30.5 Å². The summed E-state index contributed by atoms with van der Waals surface area (Å²) in [5.74, 6) is 0.288. The number of carbonyl (C=O) groups is 1. The van der Waals surface area contributed by atoms with Crippen molar-refractivity contribution < 1.29 is 9.18 Å². The van der Waals surface area contributed by atoms with E-state index in [1.165, 1.54) is 25.0 Å². The number of aromatic nitrogens is 1. The predicted molar refractivity (Wildman–Crippen MR) is 102 cm³/mol. The predicted octanol–water partition coefficient (Wildman–Crippen LogP) is 3.30. The first-order chi connectivity index (χ1) is 13.1. The first-order valence-corrected chi connectivity index (χ1v) is 9.58. The van der Waals surface area contributed by atoms with Gasteiger partial charge in [0.1, 0.15) is 11.9 Å². The molecule has 6 heteroatoms. The minimum atomic E-state index is -0.339. The number of pyridine rings is 1. The van der Waals surface area contributed by atoms with Crippen LogP contribution in [0.25, 0.3) is 10.9 Å². The quantitative estimate of drug-likeness (QED) is 0.901. The molecule has 1 atom stereocenters. The Balaban J connectivity index is 1.66. The van der Waals surface area contributed by atoms with E-state index in [2.05, 4.69) is 21.3 Å². The second-order valence-electron chi connectivity index (χ2n) is 7.72. The minimum absolute atomic E-state index is 0.0887. The van der Waals surface area contributed by atoms with Gasteiger partial charge in [-0.05, 0) is 56.2 Å². The van der Waals surface area contributed by atoms with Crippen molar-refractivity contribution in [2.75, 3.05) is 24.5 Å². The van der Waals surface area contributed by atoms with Crippen LogP contribution in [0, 0.1) is 35.9 Å². The van der Waals surface area contributed by atoms with Crippen LogP contribution in [0.2, 0.25) is 0 Å². The number of nitrogens with one attached hydrogen (secondary N) is 1. The number of nitrogens with zero attached hydrogens (tertiary/aromatic N) is 3. The van der Waals surface area contributed by atoms with Crippen molar-refractivity contribution in [3.8, 4) is 6.07 Å². The molecule has 1 unspecified atom stereocenters. The number of benzene rings is 1. The van der Waals surface area contributed by atoms with Gasteiger partial charge in [-0.25, -0.2) is 4.39 Å². The maximum Gasteiger partial charge on any atom is 0.224 e. The zero-order chi connectivity index (χ0) is 19.0. The molecule has 27 heavy (non-hydrogen) atoms. The molecule has 4 rings (SSSR count). The Bertz CT molecular complexity index is 932. The number of carbonyl (C=O) groups excluding carboxylic acids is 1. The zero-order valence-electron chi connectivity index (χ0n) is 15.5. The molecule has 2 fully saturated rings. The van der Waals surface area contributed by atoms with Crippen molar-refractivity contribution in [3.05, 3.63) is 35.3 Å². The Hall–Kier alpha value is -2.68. The number of aryl methyl sites for hydroxylation is 1. The molecule has 1 aliphatic carbocycles. The summed E-state index contributed by atoms with van der Waals surface area (Å²) >= 11 is 0. The van der Waals surface area contributed by atoms with E-state index >= 15 is 0 Å². The van der Waals surface area contributed by atoms with Gasteiger partial charge in [-0.15, -0.1) is 0 Å². The first-order valence-electron chi connectivity index (χ1n) is 9.58. The maximum atomic E-state index is 14.1. The van der Waals surface area contributed by atoms with E-state index in [0.29, 0.717) is 34.6 Å². The normalized spacial score (nSPS) is 19.7. The number of anilines is 1. The lowest BCUT2D eigenvalue weighted by Crippen LogP contribution is -2.43. The molecular formula is C21H23FN4O. The van der Waals surface area contributed by atoms with Gasteiger partial charge >= 0.3 is 0 Å². The largest absolute Gasteiger partial charge is 0.369 e. The number of halogens is 1. The molecule has 1 aromatic carbocycles. The monoisotopic (exact) mass is 366 g/mol. The van der Waals surface area contributed by atoms with Crippen LogP contribution >= 0.6 is 0 Å². The summed E-state index contributed by atoms with van der Waals surface area (Å²) in [6.07, 6.45) is 5.67. The molecular weight excluding hydrogens is 343 g/mol. The summed E-state index contributed by atoms with van der Waals surface area (Å²) < 4.78 is 14.1. The standard InChI is InChI=1S/C21H23FN4O/c1-13-7-17(22)8-18-19(13)24-11-16(9-23)20(18)26-6-2-3-15(12-26)21(27)25-10-14-4-5-14/h7-8,11,14-15H,2-6,10,12H2,1H3,(H,25,27). The van der Waals surface area contributed by atoms with Crippen molar-refractivity contribution in [2.45, 2.75) is 32.6 Å². The number of nitriles is 1. The fourth-order valence-corrected chi connectivity index (χ4v) is 3.95. The van der Waals surface area contributed by atoms with Crippen molar-refractivity contribution in [3.63, 3.8) is 0 Å².